The van der Waals surface area contributed by atoms with Crippen molar-refractivity contribution in [1.29, 1.82) is 0 Å². The van der Waals surface area contributed by atoms with E-state index >= 15 is 0 Å². The van der Waals surface area contributed by atoms with Crippen LogP contribution in [0.15, 0.2) is 30.3 Å². The fourth-order valence-corrected chi connectivity index (χ4v) is 4.31. The molecule has 3 aromatic rings. The minimum atomic E-state index is -0.127. The number of hydrogen-bond donors (Lipinski definition) is 0. The Morgan fingerprint density at radius 3 is 2.24 bits per heavy atom. The lowest BCUT2D eigenvalue weighted by Crippen LogP contribution is -2.36. The van der Waals surface area contributed by atoms with E-state index in [1.807, 2.05) is 14.1 Å². The molecule has 3 rings (SSSR count). The predicted octanol–water partition coefficient (Wildman–Crippen LogP) is 4.14. The molecule has 6 nitrogen and oxygen atoms in total. The van der Waals surface area contributed by atoms with Crippen LogP contribution < -0.4 is 14.4 Å². The van der Waals surface area contributed by atoms with Gasteiger partial charge in [0, 0.05) is 24.7 Å². The third kappa shape index (κ3) is 4.68. The Labute approximate surface area is 175 Å². The zero-order valence-corrected chi connectivity index (χ0v) is 18.6. The van der Waals surface area contributed by atoms with Crippen LogP contribution in [0.2, 0.25) is 0 Å². The molecule has 0 fully saturated rings. The number of amides is 1. The molecule has 154 valence electrons. The Hall–Kier alpha value is -2.64. The summed E-state index contributed by atoms with van der Waals surface area (Å²) in [6.45, 7) is 5.38. The first-order valence-corrected chi connectivity index (χ1v) is 10.2. The van der Waals surface area contributed by atoms with Crippen molar-refractivity contribution < 1.29 is 14.3 Å². The van der Waals surface area contributed by atoms with Gasteiger partial charge in [0.05, 0.1) is 24.4 Å². The minimum absolute atomic E-state index is 0.127. The van der Waals surface area contributed by atoms with E-state index in [4.69, 9.17) is 14.5 Å². The molecule has 1 aromatic heterocycles. The van der Waals surface area contributed by atoms with Gasteiger partial charge in [-0.2, -0.15) is 0 Å². The number of rotatable bonds is 7. The fraction of sp³-hybridized carbons (Fsp3) is 0.364. The molecule has 0 spiro atoms. The average Bonchev–Trinajstić information content (AvgIpc) is 3.11. The third-order valence-corrected chi connectivity index (χ3v) is 5.69. The largest absolute Gasteiger partial charge is 0.497 e. The molecule has 1 heterocycles. The van der Waals surface area contributed by atoms with Crippen LogP contribution in [0.4, 0.5) is 5.13 Å². The maximum atomic E-state index is 13.5. The van der Waals surface area contributed by atoms with Crippen LogP contribution >= 0.6 is 11.3 Å². The summed E-state index contributed by atoms with van der Waals surface area (Å²) in [5.41, 5.74) is 3.76. The number of methoxy groups -OCH3 is 2. The Kier molecular flexibility index (Phi) is 6.39. The van der Waals surface area contributed by atoms with Crippen LogP contribution in [0.5, 0.6) is 11.5 Å². The molecule has 0 aliphatic carbocycles. The van der Waals surface area contributed by atoms with Gasteiger partial charge in [0.1, 0.15) is 11.5 Å². The maximum absolute atomic E-state index is 13.5. The van der Waals surface area contributed by atoms with E-state index in [1.165, 1.54) is 5.56 Å². The summed E-state index contributed by atoms with van der Waals surface area (Å²) in [6, 6.07) is 9.45. The van der Waals surface area contributed by atoms with Gasteiger partial charge in [-0.1, -0.05) is 17.4 Å². The van der Waals surface area contributed by atoms with Crippen molar-refractivity contribution >= 4 is 32.6 Å². The van der Waals surface area contributed by atoms with E-state index in [0.29, 0.717) is 28.7 Å². The highest BCUT2D eigenvalue weighted by Crippen LogP contribution is 2.33. The number of benzene rings is 2. The van der Waals surface area contributed by atoms with Gasteiger partial charge in [0.25, 0.3) is 5.91 Å². The second kappa shape index (κ2) is 8.80. The molecule has 0 aliphatic heterocycles. The molecule has 0 saturated carbocycles. The van der Waals surface area contributed by atoms with Crippen LogP contribution in [0.1, 0.15) is 21.5 Å². The summed E-state index contributed by atoms with van der Waals surface area (Å²) >= 11 is 1.54. The van der Waals surface area contributed by atoms with Gasteiger partial charge in [0.2, 0.25) is 0 Å². The van der Waals surface area contributed by atoms with E-state index in [1.54, 1.807) is 48.7 Å². The number of likely N-dealkylation sites (N-methyl/N-ethyl adjacent to an activating group) is 1. The number of thiazole rings is 1. The number of carbonyl (C=O) groups excluding carboxylic acids is 1. The normalized spacial score (nSPS) is 11.1. The van der Waals surface area contributed by atoms with E-state index in [-0.39, 0.29) is 5.91 Å². The summed E-state index contributed by atoms with van der Waals surface area (Å²) in [4.78, 5) is 22.1. The molecule has 0 atom stereocenters. The van der Waals surface area contributed by atoms with Crippen molar-refractivity contribution in [2.24, 2.45) is 0 Å². The van der Waals surface area contributed by atoms with Crippen LogP contribution in [0.3, 0.4) is 0 Å². The van der Waals surface area contributed by atoms with Crippen molar-refractivity contribution in [3.8, 4) is 11.5 Å². The van der Waals surface area contributed by atoms with Crippen LogP contribution in [-0.2, 0) is 0 Å². The lowest BCUT2D eigenvalue weighted by Gasteiger charge is -2.22. The number of anilines is 1. The fourth-order valence-electron chi connectivity index (χ4n) is 3.15. The lowest BCUT2D eigenvalue weighted by atomic mass is 10.1. The summed E-state index contributed by atoms with van der Waals surface area (Å²) in [5, 5.41) is 0.697. The van der Waals surface area contributed by atoms with Crippen LogP contribution in [0, 0.1) is 13.8 Å². The topological polar surface area (TPSA) is 54.9 Å². The van der Waals surface area contributed by atoms with E-state index < -0.39 is 0 Å². The smallest absolute Gasteiger partial charge is 0.260 e. The number of carbonyl (C=O) groups is 1. The Bertz CT molecular complexity index is 1010. The number of aromatic nitrogens is 1. The van der Waals surface area contributed by atoms with E-state index in [9.17, 15) is 4.79 Å². The molecular weight excluding hydrogens is 386 g/mol. The first-order valence-electron chi connectivity index (χ1n) is 9.40. The van der Waals surface area contributed by atoms with Crippen molar-refractivity contribution in [2.45, 2.75) is 13.8 Å². The zero-order valence-electron chi connectivity index (χ0n) is 17.8. The molecule has 0 radical (unpaired) electrons. The molecule has 0 unspecified atom stereocenters. The summed E-state index contributed by atoms with van der Waals surface area (Å²) < 4.78 is 11.8. The summed E-state index contributed by atoms with van der Waals surface area (Å²) in [7, 11) is 7.13. The monoisotopic (exact) mass is 413 g/mol. The predicted molar refractivity (Wildman–Crippen MR) is 119 cm³/mol. The standard InChI is InChI=1S/C22H27N3O3S/c1-14-9-15(2)20-19(10-14)29-22(23-20)25(8-7-24(3)4)21(26)16-11-17(27-5)13-18(12-16)28-6/h9-13H,7-8H2,1-6H3. The van der Waals surface area contributed by atoms with Gasteiger partial charge < -0.3 is 14.4 Å². The average molecular weight is 414 g/mol. The second-order valence-electron chi connectivity index (χ2n) is 7.29. The van der Waals surface area contributed by atoms with Gasteiger partial charge in [-0.25, -0.2) is 4.98 Å². The molecule has 0 N–H and O–H groups in total. The first kappa shape index (κ1) is 21.1. The third-order valence-electron chi connectivity index (χ3n) is 4.66. The highest BCUT2D eigenvalue weighted by Gasteiger charge is 2.23. The highest BCUT2D eigenvalue weighted by molar-refractivity contribution is 7.22. The molecule has 0 saturated heterocycles. The number of fused-ring (bicyclic) bond motifs is 1. The SMILES string of the molecule is COc1cc(OC)cc(C(=O)N(CCN(C)C)c2nc3c(C)cc(C)cc3s2)c1. The quantitative estimate of drug-likeness (QED) is 0.583. The summed E-state index contributed by atoms with van der Waals surface area (Å²) in [5.74, 6) is 1.03. The maximum Gasteiger partial charge on any atom is 0.260 e. The van der Waals surface area contributed by atoms with E-state index in [2.05, 4.69) is 30.9 Å². The van der Waals surface area contributed by atoms with Crippen LogP contribution in [0.25, 0.3) is 10.2 Å². The number of nitrogens with zero attached hydrogens (tertiary/aromatic N) is 3. The van der Waals surface area contributed by atoms with Gasteiger partial charge >= 0.3 is 0 Å². The van der Waals surface area contributed by atoms with Gasteiger partial charge in [-0.05, 0) is 57.3 Å². The van der Waals surface area contributed by atoms with Gasteiger partial charge in [-0.15, -0.1) is 0 Å². The zero-order chi connectivity index (χ0) is 21.1. The first-order chi connectivity index (χ1) is 13.8. The molecule has 0 bridgehead atoms. The highest BCUT2D eigenvalue weighted by atomic mass is 32.1. The van der Waals surface area contributed by atoms with Crippen molar-refractivity contribution in [3.05, 3.63) is 47.0 Å². The van der Waals surface area contributed by atoms with Gasteiger partial charge in [-0.3, -0.25) is 9.69 Å². The second-order valence-corrected chi connectivity index (χ2v) is 8.30. The molecular formula is C22H27N3O3S. The lowest BCUT2D eigenvalue weighted by molar-refractivity contribution is 0.0984. The van der Waals surface area contributed by atoms with Crippen LogP contribution in [-0.4, -0.2) is 57.2 Å². The molecule has 7 heteroatoms. The molecule has 2 aromatic carbocycles. The Balaban J connectivity index is 2.06. The molecule has 0 aliphatic rings. The van der Waals surface area contributed by atoms with E-state index in [0.717, 1.165) is 22.3 Å². The Morgan fingerprint density at radius 1 is 1.00 bits per heavy atom. The van der Waals surface area contributed by atoms with Crippen molar-refractivity contribution in [1.82, 2.24) is 9.88 Å². The van der Waals surface area contributed by atoms with Crippen molar-refractivity contribution in [2.75, 3.05) is 46.3 Å². The Morgan fingerprint density at radius 2 is 1.66 bits per heavy atom. The van der Waals surface area contributed by atoms with Crippen molar-refractivity contribution in [3.63, 3.8) is 0 Å². The number of aryl methyl sites for hydroxylation is 2. The molecule has 29 heavy (non-hydrogen) atoms. The minimum Gasteiger partial charge on any atom is -0.497 e. The summed E-state index contributed by atoms with van der Waals surface area (Å²) in [6.07, 6.45) is 0. The molecule has 1 amide bonds. The number of hydrogen-bond acceptors (Lipinski definition) is 6. The number of ether oxygens (including phenoxy) is 2. The van der Waals surface area contributed by atoms with Gasteiger partial charge in [0.15, 0.2) is 5.13 Å².